The summed E-state index contributed by atoms with van der Waals surface area (Å²) in [5.41, 5.74) is 2.56. The zero-order chi connectivity index (χ0) is 15.2. The Balaban J connectivity index is 2.07. The van der Waals surface area contributed by atoms with Crippen LogP contribution in [-0.4, -0.2) is 11.9 Å². The van der Waals surface area contributed by atoms with Crippen molar-refractivity contribution < 1.29 is 14.7 Å². The molecule has 5 heteroatoms. The Bertz CT molecular complexity index is 676. The molecule has 0 aliphatic rings. The minimum atomic E-state index is -1.41. The van der Waals surface area contributed by atoms with Crippen LogP contribution in [0.2, 0.25) is 5.02 Å². The fourth-order valence-electron chi connectivity index (χ4n) is 1.72. The van der Waals surface area contributed by atoms with E-state index in [9.17, 15) is 14.7 Å². The number of amides is 1. The van der Waals surface area contributed by atoms with Gasteiger partial charge in [-0.3, -0.25) is 4.79 Å². The Morgan fingerprint density at radius 1 is 0.905 bits per heavy atom. The molecule has 21 heavy (non-hydrogen) atoms. The van der Waals surface area contributed by atoms with Crippen molar-refractivity contribution in [1.82, 2.24) is 0 Å². The van der Waals surface area contributed by atoms with Crippen molar-refractivity contribution in [1.29, 1.82) is 0 Å². The first-order valence-electron chi connectivity index (χ1n) is 6.10. The quantitative estimate of drug-likeness (QED) is 0.881. The lowest BCUT2D eigenvalue weighted by atomic mass is 10.1. The second-order valence-corrected chi connectivity index (χ2v) is 4.66. The molecular weight excluding hydrogens is 290 g/mol. The van der Waals surface area contributed by atoms with Gasteiger partial charge in [0, 0.05) is 16.8 Å². The summed E-state index contributed by atoms with van der Waals surface area (Å²) in [6.45, 7) is 0. The van der Waals surface area contributed by atoms with Crippen molar-refractivity contribution >= 4 is 29.2 Å². The maximum absolute atomic E-state index is 11.4. The molecule has 0 saturated carbocycles. The second kappa shape index (κ2) is 6.72. The van der Waals surface area contributed by atoms with Crippen molar-refractivity contribution in [2.45, 2.75) is 0 Å². The van der Waals surface area contributed by atoms with E-state index in [4.69, 9.17) is 11.6 Å². The summed E-state index contributed by atoms with van der Waals surface area (Å²) in [7, 11) is 0. The Kier molecular flexibility index (Phi) is 4.74. The van der Waals surface area contributed by atoms with E-state index in [0.717, 1.165) is 17.2 Å². The fraction of sp³-hybridized carbons (Fsp3) is 0. The Labute approximate surface area is 126 Å². The van der Waals surface area contributed by atoms with Gasteiger partial charge in [-0.2, -0.15) is 0 Å². The van der Waals surface area contributed by atoms with Gasteiger partial charge in [-0.05, 0) is 41.5 Å². The Morgan fingerprint density at radius 2 is 1.43 bits per heavy atom. The predicted molar refractivity (Wildman–Crippen MR) is 79.7 cm³/mol. The lowest BCUT2D eigenvalue weighted by Crippen LogP contribution is -2.20. The number of anilines is 1. The van der Waals surface area contributed by atoms with E-state index in [1.165, 1.54) is 0 Å². The van der Waals surface area contributed by atoms with E-state index in [2.05, 4.69) is 5.32 Å². The van der Waals surface area contributed by atoms with E-state index in [-0.39, 0.29) is 0 Å². The summed E-state index contributed by atoms with van der Waals surface area (Å²) in [6, 6.07) is 14.6. The van der Waals surface area contributed by atoms with Crippen LogP contribution in [0.15, 0.2) is 60.7 Å². The predicted octanol–water partition coefficient (Wildman–Crippen LogP) is 2.25. The van der Waals surface area contributed by atoms with E-state index in [1.54, 1.807) is 24.3 Å². The highest BCUT2D eigenvalue weighted by atomic mass is 35.5. The third kappa shape index (κ3) is 4.47. The summed E-state index contributed by atoms with van der Waals surface area (Å²) < 4.78 is 0. The highest BCUT2D eigenvalue weighted by Crippen LogP contribution is 2.23. The number of aliphatic carboxylic acids is 1. The topological polar surface area (TPSA) is 69.2 Å². The zero-order valence-electron chi connectivity index (χ0n) is 10.9. The molecule has 2 aromatic rings. The first-order chi connectivity index (χ1) is 10.0. The minimum absolute atomic E-state index is 0.529. The van der Waals surface area contributed by atoms with Crippen LogP contribution in [0.25, 0.3) is 11.1 Å². The van der Waals surface area contributed by atoms with Crippen LogP contribution in [0, 0.1) is 0 Å². The molecule has 1 amide bonds. The normalized spacial score (nSPS) is 10.5. The number of carbonyl (C=O) groups excluding carboxylic acids is 2. The number of carbonyl (C=O) groups is 2. The van der Waals surface area contributed by atoms with Crippen molar-refractivity contribution in [3.05, 3.63) is 65.7 Å². The van der Waals surface area contributed by atoms with Gasteiger partial charge in [0.2, 0.25) is 5.91 Å². The number of rotatable bonds is 4. The molecule has 2 aromatic carbocycles. The summed E-state index contributed by atoms with van der Waals surface area (Å²) in [4.78, 5) is 21.6. The van der Waals surface area contributed by atoms with Gasteiger partial charge in [0.15, 0.2) is 0 Å². The lowest BCUT2D eigenvalue weighted by molar-refractivity contribution is -0.297. The average Bonchev–Trinajstić information content (AvgIpc) is 2.47. The molecule has 106 valence electrons. The maximum atomic E-state index is 11.4. The molecule has 0 aliphatic carbocycles. The van der Waals surface area contributed by atoms with Gasteiger partial charge in [-0.25, -0.2) is 0 Å². The standard InChI is InChI=1S/C16H12ClNO3/c17-13-5-1-11(2-6-13)12-3-7-14(8-4-12)18-15(19)9-10-16(20)21/h1-10H,(H,18,19)(H,20,21)/p-1. The minimum Gasteiger partial charge on any atom is -0.545 e. The van der Waals surface area contributed by atoms with Crippen LogP contribution in [0.1, 0.15) is 0 Å². The largest absolute Gasteiger partial charge is 0.545 e. The third-order valence-corrected chi connectivity index (χ3v) is 2.95. The van der Waals surface area contributed by atoms with Gasteiger partial charge in [0.05, 0.1) is 5.97 Å². The highest BCUT2D eigenvalue weighted by molar-refractivity contribution is 6.30. The molecule has 0 atom stereocenters. The van der Waals surface area contributed by atoms with Crippen LogP contribution in [0.5, 0.6) is 0 Å². The van der Waals surface area contributed by atoms with Crippen LogP contribution >= 0.6 is 11.6 Å². The molecule has 0 spiro atoms. The Morgan fingerprint density at radius 3 is 1.95 bits per heavy atom. The molecule has 0 saturated heterocycles. The van der Waals surface area contributed by atoms with E-state index < -0.39 is 11.9 Å². The number of carboxylic acids is 1. The summed E-state index contributed by atoms with van der Waals surface area (Å²) in [5.74, 6) is -1.94. The van der Waals surface area contributed by atoms with Crippen molar-refractivity contribution in [2.75, 3.05) is 5.32 Å². The SMILES string of the molecule is O=C([O-])C=CC(=O)Nc1ccc(-c2ccc(Cl)cc2)cc1. The molecule has 0 unspecified atom stereocenters. The number of nitrogens with one attached hydrogen (secondary N) is 1. The van der Waals surface area contributed by atoms with Gasteiger partial charge in [-0.15, -0.1) is 0 Å². The second-order valence-electron chi connectivity index (χ2n) is 4.23. The van der Waals surface area contributed by atoms with Gasteiger partial charge in [-0.1, -0.05) is 35.9 Å². The molecule has 0 fully saturated rings. The van der Waals surface area contributed by atoms with Crippen molar-refractivity contribution in [2.24, 2.45) is 0 Å². The number of halogens is 1. The molecule has 0 heterocycles. The van der Waals surface area contributed by atoms with Crippen LogP contribution < -0.4 is 10.4 Å². The number of benzene rings is 2. The van der Waals surface area contributed by atoms with Crippen LogP contribution in [-0.2, 0) is 9.59 Å². The molecule has 0 aromatic heterocycles. The average molecular weight is 301 g/mol. The zero-order valence-corrected chi connectivity index (χ0v) is 11.6. The molecule has 0 aliphatic heterocycles. The smallest absolute Gasteiger partial charge is 0.248 e. The van der Waals surface area contributed by atoms with Crippen LogP contribution in [0.3, 0.4) is 0 Å². The first kappa shape index (κ1) is 14.8. The maximum Gasteiger partial charge on any atom is 0.248 e. The third-order valence-electron chi connectivity index (χ3n) is 2.70. The van der Waals surface area contributed by atoms with E-state index in [1.807, 2.05) is 24.3 Å². The molecule has 0 bridgehead atoms. The van der Waals surface area contributed by atoms with Crippen molar-refractivity contribution in [3.63, 3.8) is 0 Å². The van der Waals surface area contributed by atoms with E-state index in [0.29, 0.717) is 16.8 Å². The van der Waals surface area contributed by atoms with Gasteiger partial charge < -0.3 is 15.2 Å². The van der Waals surface area contributed by atoms with Gasteiger partial charge in [0.1, 0.15) is 0 Å². The molecular formula is C16H11ClNO3-. The fourth-order valence-corrected chi connectivity index (χ4v) is 1.84. The lowest BCUT2D eigenvalue weighted by Gasteiger charge is -2.05. The van der Waals surface area contributed by atoms with Gasteiger partial charge in [0.25, 0.3) is 0 Å². The van der Waals surface area contributed by atoms with Crippen LogP contribution in [0.4, 0.5) is 5.69 Å². The first-order valence-corrected chi connectivity index (χ1v) is 6.48. The molecule has 4 nitrogen and oxygen atoms in total. The summed E-state index contributed by atoms with van der Waals surface area (Å²) in [5, 5.41) is 13.4. The van der Waals surface area contributed by atoms with Gasteiger partial charge >= 0.3 is 0 Å². The molecule has 0 radical (unpaired) electrons. The number of hydrogen-bond donors (Lipinski definition) is 1. The summed E-state index contributed by atoms with van der Waals surface area (Å²) in [6.07, 6.45) is 1.58. The number of carboxylic acid groups (broad SMARTS) is 1. The highest BCUT2D eigenvalue weighted by Gasteiger charge is 2.00. The summed E-state index contributed by atoms with van der Waals surface area (Å²) >= 11 is 5.83. The molecule has 1 N–H and O–H groups in total. The van der Waals surface area contributed by atoms with E-state index >= 15 is 0 Å². The monoisotopic (exact) mass is 300 g/mol. The van der Waals surface area contributed by atoms with Crippen molar-refractivity contribution in [3.8, 4) is 11.1 Å². The molecule has 2 rings (SSSR count). The number of hydrogen-bond acceptors (Lipinski definition) is 3. The Hall–Kier alpha value is -2.59.